The fourth-order valence-corrected chi connectivity index (χ4v) is 3.84. The highest BCUT2D eigenvalue weighted by molar-refractivity contribution is 7.88. The van der Waals surface area contributed by atoms with E-state index in [1.807, 2.05) is 23.9 Å². The van der Waals surface area contributed by atoms with E-state index in [1.54, 1.807) is 6.07 Å². The van der Waals surface area contributed by atoms with Crippen molar-refractivity contribution >= 4 is 34.0 Å². The molecule has 2 aromatic rings. The van der Waals surface area contributed by atoms with Gasteiger partial charge in [-0.2, -0.15) is 5.10 Å². The molecule has 1 aromatic carbocycles. The fourth-order valence-electron chi connectivity index (χ4n) is 3.16. The number of aryl methyl sites for hydroxylation is 1. The van der Waals surface area contributed by atoms with E-state index in [1.165, 1.54) is 5.56 Å². The molecular weight excluding hydrogens is 383 g/mol. The van der Waals surface area contributed by atoms with E-state index < -0.39 is 10.0 Å². The molecule has 0 saturated heterocycles. The minimum Gasteiger partial charge on any atom is -0.308 e. The number of sulfonamides is 1. The third-order valence-corrected chi connectivity index (χ3v) is 5.07. The summed E-state index contributed by atoms with van der Waals surface area (Å²) in [5, 5.41) is 8.64. The third kappa shape index (κ3) is 4.54. The number of hydrogen-bond acceptors (Lipinski definition) is 4. The van der Waals surface area contributed by atoms with Crippen LogP contribution in [-0.2, 0) is 30.0 Å². The van der Waals surface area contributed by atoms with Gasteiger partial charge in [-0.25, -0.2) is 13.1 Å². The predicted octanol–water partition coefficient (Wildman–Crippen LogP) is 2.42. The molecule has 0 fully saturated rings. The Labute approximate surface area is 159 Å². The lowest BCUT2D eigenvalue weighted by Crippen LogP contribution is -2.27. The van der Waals surface area contributed by atoms with E-state index in [0.717, 1.165) is 41.7 Å². The van der Waals surface area contributed by atoms with Crippen LogP contribution >= 0.6 is 24.0 Å². The fraction of sp³-hybridized carbons (Fsp3) is 0.438. The normalized spacial score (nSPS) is 17.0. The first-order valence-corrected chi connectivity index (χ1v) is 10.0. The first-order chi connectivity index (χ1) is 11.2. The van der Waals surface area contributed by atoms with Gasteiger partial charge in [-0.15, -0.1) is 12.4 Å². The predicted molar refractivity (Wildman–Crippen MR) is 103 cm³/mol. The van der Waals surface area contributed by atoms with Crippen molar-refractivity contribution in [2.24, 2.45) is 7.05 Å². The molecule has 0 amide bonds. The molecule has 2 N–H and O–H groups in total. The van der Waals surface area contributed by atoms with Crippen LogP contribution in [0.5, 0.6) is 0 Å². The van der Waals surface area contributed by atoms with Crippen molar-refractivity contribution in [3.05, 3.63) is 40.0 Å². The van der Waals surface area contributed by atoms with Gasteiger partial charge in [0.2, 0.25) is 10.0 Å². The largest absolute Gasteiger partial charge is 0.308 e. The minimum absolute atomic E-state index is 0. The SMILES string of the molecule is CC1NCCc2c1nn(C)c2-c1cc(Cl)cc(CNS(C)(=O)=O)c1.Cl. The van der Waals surface area contributed by atoms with Gasteiger partial charge in [0, 0.05) is 35.8 Å². The summed E-state index contributed by atoms with van der Waals surface area (Å²) in [7, 11) is -1.32. The van der Waals surface area contributed by atoms with E-state index in [9.17, 15) is 8.42 Å². The lowest BCUT2D eigenvalue weighted by molar-refractivity contribution is 0.525. The maximum absolute atomic E-state index is 11.3. The summed E-state index contributed by atoms with van der Waals surface area (Å²) in [5.74, 6) is 0. The van der Waals surface area contributed by atoms with Crippen molar-refractivity contribution < 1.29 is 8.42 Å². The van der Waals surface area contributed by atoms with Crippen molar-refractivity contribution in [1.29, 1.82) is 0 Å². The molecule has 1 unspecified atom stereocenters. The average Bonchev–Trinajstić information content (AvgIpc) is 2.81. The second kappa shape index (κ2) is 7.63. The lowest BCUT2D eigenvalue weighted by Gasteiger charge is -2.19. The zero-order valence-electron chi connectivity index (χ0n) is 14.3. The van der Waals surface area contributed by atoms with E-state index in [2.05, 4.69) is 22.1 Å². The van der Waals surface area contributed by atoms with Crippen LogP contribution in [0.2, 0.25) is 5.02 Å². The second-order valence-electron chi connectivity index (χ2n) is 6.20. The monoisotopic (exact) mass is 404 g/mol. The molecule has 3 rings (SSSR count). The van der Waals surface area contributed by atoms with Crippen LogP contribution in [0.25, 0.3) is 11.3 Å². The van der Waals surface area contributed by atoms with E-state index in [-0.39, 0.29) is 25.0 Å². The summed E-state index contributed by atoms with van der Waals surface area (Å²) in [4.78, 5) is 0. The van der Waals surface area contributed by atoms with Crippen LogP contribution in [0.1, 0.15) is 29.8 Å². The number of aromatic nitrogens is 2. The first kappa shape index (κ1) is 20.2. The highest BCUT2D eigenvalue weighted by Gasteiger charge is 2.25. The van der Waals surface area contributed by atoms with Gasteiger partial charge >= 0.3 is 0 Å². The van der Waals surface area contributed by atoms with E-state index >= 15 is 0 Å². The van der Waals surface area contributed by atoms with Gasteiger partial charge in [-0.05, 0) is 43.7 Å². The van der Waals surface area contributed by atoms with Gasteiger partial charge in [0.15, 0.2) is 0 Å². The first-order valence-electron chi connectivity index (χ1n) is 7.78. The molecule has 0 saturated carbocycles. The molecule has 138 valence electrons. The number of nitrogens with one attached hydrogen (secondary N) is 2. The Hall–Kier alpha value is -1.12. The summed E-state index contributed by atoms with van der Waals surface area (Å²) < 4.78 is 27.0. The second-order valence-corrected chi connectivity index (χ2v) is 8.47. The summed E-state index contributed by atoms with van der Waals surface area (Å²) in [6.07, 6.45) is 2.05. The maximum atomic E-state index is 11.3. The molecule has 1 atom stereocenters. The summed E-state index contributed by atoms with van der Waals surface area (Å²) >= 11 is 6.26. The zero-order chi connectivity index (χ0) is 17.5. The Balaban J connectivity index is 0.00000225. The van der Waals surface area contributed by atoms with Crippen LogP contribution in [-0.4, -0.2) is 31.0 Å². The maximum Gasteiger partial charge on any atom is 0.209 e. The summed E-state index contributed by atoms with van der Waals surface area (Å²) in [6, 6.07) is 5.86. The van der Waals surface area contributed by atoms with Gasteiger partial charge in [0.1, 0.15) is 0 Å². The van der Waals surface area contributed by atoms with Crippen LogP contribution in [0.4, 0.5) is 0 Å². The lowest BCUT2D eigenvalue weighted by atomic mass is 9.96. The molecule has 6 nitrogen and oxygen atoms in total. The van der Waals surface area contributed by atoms with Gasteiger partial charge in [0.05, 0.1) is 17.6 Å². The highest BCUT2D eigenvalue weighted by Crippen LogP contribution is 2.33. The van der Waals surface area contributed by atoms with E-state index in [4.69, 9.17) is 11.6 Å². The molecule has 1 aliphatic rings. The average molecular weight is 405 g/mol. The van der Waals surface area contributed by atoms with E-state index in [0.29, 0.717) is 5.02 Å². The zero-order valence-corrected chi connectivity index (χ0v) is 16.7. The highest BCUT2D eigenvalue weighted by atomic mass is 35.5. The number of hydrogen-bond donors (Lipinski definition) is 2. The number of benzene rings is 1. The Bertz CT molecular complexity index is 881. The Morgan fingerprint density at radius 1 is 1.40 bits per heavy atom. The third-order valence-electron chi connectivity index (χ3n) is 4.18. The van der Waals surface area contributed by atoms with Gasteiger partial charge in [0.25, 0.3) is 0 Å². The van der Waals surface area contributed by atoms with Gasteiger partial charge < -0.3 is 5.32 Å². The molecule has 25 heavy (non-hydrogen) atoms. The smallest absolute Gasteiger partial charge is 0.209 e. The number of nitrogens with zero attached hydrogens (tertiary/aromatic N) is 2. The molecule has 0 spiro atoms. The quantitative estimate of drug-likeness (QED) is 0.819. The Morgan fingerprint density at radius 2 is 2.12 bits per heavy atom. The Kier molecular flexibility index (Phi) is 6.17. The Morgan fingerprint density at radius 3 is 2.80 bits per heavy atom. The van der Waals surface area contributed by atoms with Crippen molar-refractivity contribution in [2.45, 2.75) is 25.9 Å². The molecule has 0 bridgehead atoms. The number of rotatable bonds is 4. The molecule has 9 heteroatoms. The number of halogens is 2. The minimum atomic E-state index is -3.25. The van der Waals surface area contributed by atoms with Crippen molar-refractivity contribution in [2.75, 3.05) is 12.8 Å². The van der Waals surface area contributed by atoms with Crippen molar-refractivity contribution in [3.8, 4) is 11.3 Å². The van der Waals surface area contributed by atoms with Crippen molar-refractivity contribution in [3.63, 3.8) is 0 Å². The van der Waals surface area contributed by atoms with Gasteiger partial charge in [-0.3, -0.25) is 4.68 Å². The standard InChI is InChI=1S/C16H21ClN4O2S.ClH/c1-10-15-14(4-5-18-10)16(21(2)20-15)12-6-11(7-13(17)8-12)9-19-24(3,22)23;/h6-8,10,18-19H,4-5,9H2,1-3H3;1H. The van der Waals surface area contributed by atoms with Crippen LogP contribution in [0, 0.1) is 0 Å². The van der Waals surface area contributed by atoms with Crippen molar-refractivity contribution in [1.82, 2.24) is 19.8 Å². The summed E-state index contributed by atoms with van der Waals surface area (Å²) in [6.45, 7) is 3.23. The summed E-state index contributed by atoms with van der Waals surface area (Å²) in [5.41, 5.74) is 5.11. The molecule has 0 aliphatic carbocycles. The van der Waals surface area contributed by atoms with Crippen LogP contribution < -0.4 is 10.0 Å². The molecule has 0 radical (unpaired) electrons. The van der Waals surface area contributed by atoms with Crippen LogP contribution in [0.3, 0.4) is 0 Å². The molecule has 1 aliphatic heterocycles. The van der Waals surface area contributed by atoms with Gasteiger partial charge in [-0.1, -0.05) is 11.6 Å². The molecule has 2 heterocycles. The van der Waals surface area contributed by atoms with Crippen LogP contribution in [0.15, 0.2) is 18.2 Å². The topological polar surface area (TPSA) is 76.0 Å². The molecular formula is C16H22Cl2N4O2S. The number of fused-ring (bicyclic) bond motifs is 1. The molecule has 1 aromatic heterocycles.